The van der Waals surface area contributed by atoms with Gasteiger partial charge in [-0.3, -0.25) is 14.9 Å². The van der Waals surface area contributed by atoms with E-state index in [1.165, 1.54) is 25.7 Å². The van der Waals surface area contributed by atoms with E-state index in [0.29, 0.717) is 5.69 Å². The summed E-state index contributed by atoms with van der Waals surface area (Å²) in [5.41, 5.74) is 5.03. The molecule has 6 heteroatoms. The predicted octanol–water partition coefficient (Wildman–Crippen LogP) is 4.66. The third-order valence-electron chi connectivity index (χ3n) is 6.14. The molecule has 0 spiro atoms. The van der Waals surface area contributed by atoms with Gasteiger partial charge in [0.2, 0.25) is 0 Å². The predicted molar refractivity (Wildman–Crippen MR) is 127 cm³/mol. The van der Waals surface area contributed by atoms with Gasteiger partial charge in [0.05, 0.1) is 5.69 Å². The lowest BCUT2D eigenvalue weighted by Crippen LogP contribution is -2.54. The molecule has 2 aliphatic rings. The Balaban J connectivity index is 1.63. The number of nitrogens with zero attached hydrogens (tertiary/aromatic N) is 2. The van der Waals surface area contributed by atoms with E-state index in [0.717, 1.165) is 45.9 Å². The maximum absolute atomic E-state index is 13.3. The summed E-state index contributed by atoms with van der Waals surface area (Å²) in [6, 6.07) is 11.0. The summed E-state index contributed by atoms with van der Waals surface area (Å²) in [5, 5.41) is 2.32. The number of urea groups is 1. The molecule has 2 fully saturated rings. The van der Waals surface area contributed by atoms with Crippen molar-refractivity contribution in [1.82, 2.24) is 5.32 Å². The Kier molecular flexibility index (Phi) is 6.12. The molecule has 2 aliphatic heterocycles. The fourth-order valence-electron chi connectivity index (χ4n) is 4.66. The van der Waals surface area contributed by atoms with E-state index in [1.54, 1.807) is 6.08 Å². The van der Waals surface area contributed by atoms with Crippen molar-refractivity contribution >= 4 is 35.3 Å². The third-order valence-corrected chi connectivity index (χ3v) is 6.14. The number of aryl methyl sites for hydroxylation is 3. The van der Waals surface area contributed by atoms with Crippen molar-refractivity contribution in [3.8, 4) is 0 Å². The summed E-state index contributed by atoms with van der Waals surface area (Å²) in [5.74, 6) is -1.28. The SMILES string of the molecule is Cc1cc(C)c(N2C(=O)NC(=O)/C(=C\c3ccc(N4CCCCCC4)cc3)C2=O)c(C)c1. The summed E-state index contributed by atoms with van der Waals surface area (Å²) in [6.45, 7) is 7.78. The van der Waals surface area contributed by atoms with E-state index in [1.807, 2.05) is 57.2 Å². The van der Waals surface area contributed by atoms with Gasteiger partial charge in [0.1, 0.15) is 5.57 Å². The molecule has 32 heavy (non-hydrogen) atoms. The number of carbonyl (C=O) groups excluding carboxylic acids is 3. The van der Waals surface area contributed by atoms with Crippen molar-refractivity contribution in [3.63, 3.8) is 0 Å². The minimum atomic E-state index is -0.719. The minimum Gasteiger partial charge on any atom is -0.372 e. The number of carbonyl (C=O) groups is 3. The van der Waals surface area contributed by atoms with Gasteiger partial charge in [0, 0.05) is 18.8 Å². The van der Waals surface area contributed by atoms with Gasteiger partial charge in [-0.15, -0.1) is 0 Å². The van der Waals surface area contributed by atoms with Crippen molar-refractivity contribution in [2.75, 3.05) is 22.9 Å². The highest BCUT2D eigenvalue weighted by Gasteiger charge is 2.38. The van der Waals surface area contributed by atoms with Crippen LogP contribution in [0.3, 0.4) is 0 Å². The zero-order valence-corrected chi connectivity index (χ0v) is 18.9. The van der Waals surface area contributed by atoms with Crippen LogP contribution in [0.4, 0.5) is 16.2 Å². The van der Waals surface area contributed by atoms with E-state index in [2.05, 4.69) is 10.2 Å². The summed E-state index contributed by atoms with van der Waals surface area (Å²) >= 11 is 0. The van der Waals surface area contributed by atoms with Crippen LogP contribution in [-0.4, -0.2) is 30.9 Å². The van der Waals surface area contributed by atoms with Crippen LogP contribution in [0.1, 0.15) is 47.9 Å². The topological polar surface area (TPSA) is 69.7 Å². The molecule has 6 nitrogen and oxygen atoms in total. The number of nitrogens with one attached hydrogen (secondary N) is 1. The molecule has 0 aromatic heterocycles. The highest BCUT2D eigenvalue weighted by atomic mass is 16.2. The van der Waals surface area contributed by atoms with Gasteiger partial charge in [0.25, 0.3) is 11.8 Å². The Hall–Kier alpha value is -3.41. The van der Waals surface area contributed by atoms with Gasteiger partial charge in [-0.2, -0.15) is 0 Å². The maximum atomic E-state index is 13.3. The van der Waals surface area contributed by atoms with Gasteiger partial charge in [-0.1, -0.05) is 42.7 Å². The number of amides is 4. The Morgan fingerprint density at radius 3 is 2.03 bits per heavy atom. The molecule has 166 valence electrons. The molecule has 0 radical (unpaired) electrons. The van der Waals surface area contributed by atoms with Crippen LogP contribution in [0.25, 0.3) is 6.08 Å². The first-order valence-electron chi connectivity index (χ1n) is 11.2. The first-order chi connectivity index (χ1) is 15.3. The standard InChI is InChI=1S/C26H29N3O3/c1-17-14-18(2)23(19(3)15-17)29-25(31)22(24(30)27-26(29)32)16-20-8-10-21(11-9-20)28-12-6-4-5-7-13-28/h8-11,14-16H,4-7,12-13H2,1-3H3,(H,27,30,32)/b22-16+. The van der Waals surface area contributed by atoms with Crippen molar-refractivity contribution in [2.45, 2.75) is 46.5 Å². The number of hydrogen-bond donors (Lipinski definition) is 1. The molecule has 1 N–H and O–H groups in total. The zero-order chi connectivity index (χ0) is 22.8. The summed E-state index contributed by atoms with van der Waals surface area (Å²) in [6.07, 6.45) is 6.49. The molecule has 0 unspecified atom stereocenters. The summed E-state index contributed by atoms with van der Waals surface area (Å²) in [4.78, 5) is 41.8. The van der Waals surface area contributed by atoms with Gasteiger partial charge in [0.15, 0.2) is 0 Å². The van der Waals surface area contributed by atoms with Gasteiger partial charge < -0.3 is 4.90 Å². The van der Waals surface area contributed by atoms with Crippen LogP contribution >= 0.6 is 0 Å². The fraction of sp³-hybridized carbons (Fsp3) is 0.346. The Labute approximate surface area is 188 Å². The molecule has 0 aliphatic carbocycles. The number of anilines is 2. The molecule has 2 aromatic carbocycles. The van der Waals surface area contributed by atoms with Gasteiger partial charge >= 0.3 is 6.03 Å². The van der Waals surface area contributed by atoms with Crippen LogP contribution < -0.4 is 15.1 Å². The Bertz CT molecular complexity index is 1070. The largest absolute Gasteiger partial charge is 0.372 e. The highest BCUT2D eigenvalue weighted by molar-refractivity contribution is 6.39. The smallest absolute Gasteiger partial charge is 0.335 e. The zero-order valence-electron chi connectivity index (χ0n) is 18.9. The second kappa shape index (κ2) is 8.99. The molecular weight excluding hydrogens is 402 g/mol. The van der Waals surface area contributed by atoms with E-state index >= 15 is 0 Å². The van der Waals surface area contributed by atoms with Crippen LogP contribution in [0.2, 0.25) is 0 Å². The number of rotatable bonds is 3. The van der Waals surface area contributed by atoms with Crippen LogP contribution in [0.5, 0.6) is 0 Å². The minimum absolute atomic E-state index is 0.0495. The number of imide groups is 2. The average Bonchev–Trinajstić information content (AvgIpc) is 3.03. The van der Waals surface area contributed by atoms with Crippen molar-refractivity contribution in [3.05, 3.63) is 64.2 Å². The van der Waals surface area contributed by atoms with Crippen molar-refractivity contribution in [2.24, 2.45) is 0 Å². The van der Waals surface area contributed by atoms with Crippen molar-refractivity contribution < 1.29 is 14.4 Å². The lowest BCUT2D eigenvalue weighted by Gasteiger charge is -2.29. The third kappa shape index (κ3) is 4.31. The lowest BCUT2D eigenvalue weighted by atomic mass is 10.0. The molecule has 2 heterocycles. The molecule has 4 amide bonds. The lowest BCUT2D eigenvalue weighted by molar-refractivity contribution is -0.122. The van der Waals surface area contributed by atoms with E-state index < -0.39 is 17.8 Å². The molecule has 4 rings (SSSR count). The van der Waals surface area contributed by atoms with Crippen LogP contribution in [0, 0.1) is 20.8 Å². The fourth-order valence-corrected chi connectivity index (χ4v) is 4.66. The maximum Gasteiger partial charge on any atom is 0.335 e. The van der Waals surface area contributed by atoms with E-state index in [-0.39, 0.29) is 5.57 Å². The molecule has 0 atom stereocenters. The number of hydrogen-bond acceptors (Lipinski definition) is 4. The van der Waals surface area contributed by atoms with Crippen molar-refractivity contribution in [1.29, 1.82) is 0 Å². The average molecular weight is 432 g/mol. The molecular formula is C26H29N3O3. The monoisotopic (exact) mass is 431 g/mol. The quantitative estimate of drug-likeness (QED) is 0.567. The van der Waals surface area contributed by atoms with E-state index in [9.17, 15) is 14.4 Å². The van der Waals surface area contributed by atoms with Gasteiger partial charge in [-0.25, -0.2) is 9.69 Å². The number of barbiturate groups is 1. The molecule has 2 saturated heterocycles. The van der Waals surface area contributed by atoms with Gasteiger partial charge in [-0.05, 0) is 68.5 Å². The second-order valence-electron chi connectivity index (χ2n) is 8.70. The Morgan fingerprint density at radius 1 is 0.844 bits per heavy atom. The normalized spacial score (nSPS) is 18.7. The molecule has 2 aromatic rings. The number of benzene rings is 2. The Morgan fingerprint density at radius 2 is 1.44 bits per heavy atom. The molecule has 0 bridgehead atoms. The first kappa shape index (κ1) is 21.8. The first-order valence-corrected chi connectivity index (χ1v) is 11.2. The second-order valence-corrected chi connectivity index (χ2v) is 8.70. The highest BCUT2D eigenvalue weighted by Crippen LogP contribution is 2.30. The summed E-state index contributed by atoms with van der Waals surface area (Å²) < 4.78 is 0. The van der Waals surface area contributed by atoms with E-state index in [4.69, 9.17) is 0 Å². The van der Waals surface area contributed by atoms with Crippen LogP contribution in [0.15, 0.2) is 42.0 Å². The summed E-state index contributed by atoms with van der Waals surface area (Å²) in [7, 11) is 0. The van der Waals surface area contributed by atoms with Crippen LogP contribution in [-0.2, 0) is 9.59 Å². The molecule has 0 saturated carbocycles.